The maximum atomic E-state index is 8.80. The van der Waals surface area contributed by atoms with Crippen molar-refractivity contribution in [1.29, 1.82) is 5.26 Å². The molecule has 1 aromatic rings. The van der Waals surface area contributed by atoms with Crippen LogP contribution in [0.1, 0.15) is 5.56 Å². The number of hydrogen-bond acceptors (Lipinski definition) is 3. The third-order valence-electron chi connectivity index (χ3n) is 2.05. The molecular formula is C10H10N2O. The van der Waals surface area contributed by atoms with Crippen molar-refractivity contribution in [2.75, 3.05) is 18.5 Å². The Morgan fingerprint density at radius 3 is 2.77 bits per heavy atom. The minimum Gasteiger partial charge on any atom is -0.377 e. The van der Waals surface area contributed by atoms with Gasteiger partial charge in [-0.2, -0.15) is 5.26 Å². The van der Waals surface area contributed by atoms with E-state index in [1.807, 2.05) is 24.3 Å². The van der Waals surface area contributed by atoms with Crippen LogP contribution in [-0.4, -0.2) is 19.3 Å². The Morgan fingerprint density at radius 2 is 2.15 bits per heavy atom. The van der Waals surface area contributed by atoms with Crippen LogP contribution in [0.15, 0.2) is 24.3 Å². The zero-order valence-corrected chi connectivity index (χ0v) is 7.16. The quantitative estimate of drug-likeness (QED) is 0.736. The van der Waals surface area contributed by atoms with Crippen molar-refractivity contribution in [3.8, 4) is 6.07 Å². The molecule has 1 aliphatic rings. The van der Waals surface area contributed by atoms with Gasteiger partial charge in [-0.15, -0.1) is 0 Å². The van der Waals surface area contributed by atoms with Gasteiger partial charge in [0, 0.05) is 0 Å². The van der Waals surface area contributed by atoms with Crippen molar-refractivity contribution in [3.63, 3.8) is 0 Å². The normalized spacial score (nSPS) is 15.9. The van der Waals surface area contributed by atoms with Crippen LogP contribution in [0, 0.1) is 11.3 Å². The summed E-state index contributed by atoms with van der Waals surface area (Å²) in [5.74, 6) is 0. The molecule has 1 saturated heterocycles. The van der Waals surface area contributed by atoms with Crippen LogP contribution >= 0.6 is 0 Å². The van der Waals surface area contributed by atoms with Gasteiger partial charge >= 0.3 is 0 Å². The molecule has 1 N–H and O–H groups in total. The van der Waals surface area contributed by atoms with Gasteiger partial charge in [0.25, 0.3) is 0 Å². The zero-order valence-electron chi connectivity index (χ0n) is 7.16. The molecule has 13 heavy (non-hydrogen) atoms. The highest BCUT2D eigenvalue weighted by atomic mass is 16.5. The Labute approximate surface area is 76.9 Å². The molecule has 0 spiro atoms. The lowest BCUT2D eigenvalue weighted by Crippen LogP contribution is -2.40. The first-order valence-electron chi connectivity index (χ1n) is 4.23. The number of benzene rings is 1. The minimum atomic E-state index is 0.370. The van der Waals surface area contributed by atoms with E-state index in [0.29, 0.717) is 11.6 Å². The molecular weight excluding hydrogens is 164 g/mol. The molecule has 0 saturated carbocycles. The highest BCUT2D eigenvalue weighted by molar-refractivity contribution is 5.57. The van der Waals surface area contributed by atoms with Crippen molar-refractivity contribution in [1.82, 2.24) is 0 Å². The van der Waals surface area contributed by atoms with E-state index in [0.717, 1.165) is 18.9 Å². The van der Waals surface area contributed by atoms with Crippen LogP contribution in [0.25, 0.3) is 0 Å². The first-order valence-corrected chi connectivity index (χ1v) is 4.23. The van der Waals surface area contributed by atoms with E-state index in [9.17, 15) is 0 Å². The number of para-hydroxylation sites is 1. The van der Waals surface area contributed by atoms with Gasteiger partial charge in [0.15, 0.2) is 0 Å². The maximum Gasteiger partial charge on any atom is 0.101 e. The Hall–Kier alpha value is -1.53. The molecule has 0 amide bonds. The van der Waals surface area contributed by atoms with E-state index < -0.39 is 0 Å². The molecule has 0 aliphatic carbocycles. The molecule has 66 valence electrons. The molecule has 3 heteroatoms. The summed E-state index contributed by atoms with van der Waals surface area (Å²) in [7, 11) is 0. The van der Waals surface area contributed by atoms with Crippen LogP contribution in [0.4, 0.5) is 5.69 Å². The highest BCUT2D eigenvalue weighted by Crippen LogP contribution is 2.16. The van der Waals surface area contributed by atoms with Gasteiger partial charge in [-0.25, -0.2) is 0 Å². The number of hydrogen-bond donors (Lipinski definition) is 1. The summed E-state index contributed by atoms with van der Waals surface area (Å²) in [5, 5.41) is 12.1. The van der Waals surface area contributed by atoms with Crippen molar-refractivity contribution in [2.24, 2.45) is 0 Å². The van der Waals surface area contributed by atoms with Gasteiger partial charge in [-0.3, -0.25) is 0 Å². The SMILES string of the molecule is N#Cc1ccccc1NC1COC1. The van der Waals surface area contributed by atoms with E-state index in [2.05, 4.69) is 11.4 Å². The van der Waals surface area contributed by atoms with Gasteiger partial charge in [0.05, 0.1) is 30.5 Å². The number of ether oxygens (including phenoxy) is 1. The third kappa shape index (κ3) is 1.63. The van der Waals surface area contributed by atoms with Crippen LogP contribution in [0.5, 0.6) is 0 Å². The summed E-state index contributed by atoms with van der Waals surface area (Å²) in [6.45, 7) is 1.47. The van der Waals surface area contributed by atoms with Crippen molar-refractivity contribution < 1.29 is 4.74 Å². The Balaban J connectivity index is 2.14. The zero-order chi connectivity index (χ0) is 9.10. The molecule has 1 aromatic carbocycles. The van der Waals surface area contributed by atoms with Crippen LogP contribution in [0.2, 0.25) is 0 Å². The van der Waals surface area contributed by atoms with Crippen molar-refractivity contribution in [2.45, 2.75) is 6.04 Å². The molecule has 1 heterocycles. The number of nitrogens with zero attached hydrogens (tertiary/aromatic N) is 1. The van der Waals surface area contributed by atoms with Gasteiger partial charge < -0.3 is 10.1 Å². The van der Waals surface area contributed by atoms with E-state index in [4.69, 9.17) is 10.00 Å². The first-order chi connectivity index (χ1) is 6.40. The molecule has 1 aliphatic heterocycles. The second-order valence-electron chi connectivity index (χ2n) is 3.04. The lowest BCUT2D eigenvalue weighted by atomic mass is 10.1. The Kier molecular flexibility index (Phi) is 2.15. The molecule has 1 fully saturated rings. The summed E-state index contributed by atoms with van der Waals surface area (Å²) >= 11 is 0. The van der Waals surface area contributed by atoms with Gasteiger partial charge in [0.2, 0.25) is 0 Å². The number of nitriles is 1. The minimum absolute atomic E-state index is 0.370. The van der Waals surface area contributed by atoms with Crippen molar-refractivity contribution >= 4 is 5.69 Å². The Bertz CT molecular complexity index is 339. The average Bonchev–Trinajstić information content (AvgIpc) is 2.12. The van der Waals surface area contributed by atoms with Gasteiger partial charge in [0.1, 0.15) is 6.07 Å². The molecule has 0 bridgehead atoms. The smallest absolute Gasteiger partial charge is 0.101 e. The molecule has 3 nitrogen and oxygen atoms in total. The van der Waals surface area contributed by atoms with E-state index in [1.54, 1.807) is 0 Å². The van der Waals surface area contributed by atoms with Gasteiger partial charge in [-0.1, -0.05) is 12.1 Å². The number of rotatable bonds is 2. The lowest BCUT2D eigenvalue weighted by molar-refractivity contribution is 0.0211. The summed E-state index contributed by atoms with van der Waals surface area (Å²) in [6, 6.07) is 10.0. The summed E-state index contributed by atoms with van der Waals surface area (Å²) in [5.41, 5.74) is 1.59. The van der Waals surface area contributed by atoms with Crippen molar-refractivity contribution in [3.05, 3.63) is 29.8 Å². The fraction of sp³-hybridized carbons (Fsp3) is 0.300. The molecule has 0 atom stereocenters. The van der Waals surface area contributed by atoms with Crippen LogP contribution in [-0.2, 0) is 4.74 Å². The second-order valence-corrected chi connectivity index (χ2v) is 3.04. The summed E-state index contributed by atoms with van der Waals surface area (Å²) < 4.78 is 5.04. The number of anilines is 1. The fourth-order valence-corrected chi connectivity index (χ4v) is 1.25. The second kappa shape index (κ2) is 3.46. The average molecular weight is 174 g/mol. The van der Waals surface area contributed by atoms with E-state index in [1.165, 1.54) is 0 Å². The molecule has 0 unspecified atom stereocenters. The lowest BCUT2D eigenvalue weighted by Gasteiger charge is -2.28. The molecule has 2 rings (SSSR count). The van der Waals surface area contributed by atoms with Crippen LogP contribution in [0.3, 0.4) is 0 Å². The fourth-order valence-electron chi connectivity index (χ4n) is 1.25. The molecule has 0 radical (unpaired) electrons. The highest BCUT2D eigenvalue weighted by Gasteiger charge is 2.18. The predicted octanol–water partition coefficient (Wildman–Crippen LogP) is 1.37. The Morgan fingerprint density at radius 1 is 1.38 bits per heavy atom. The number of nitrogens with one attached hydrogen (secondary N) is 1. The van der Waals surface area contributed by atoms with Crippen LogP contribution < -0.4 is 5.32 Å². The monoisotopic (exact) mass is 174 g/mol. The maximum absolute atomic E-state index is 8.80. The third-order valence-corrected chi connectivity index (χ3v) is 2.05. The van der Waals surface area contributed by atoms with E-state index in [-0.39, 0.29) is 0 Å². The van der Waals surface area contributed by atoms with Gasteiger partial charge in [-0.05, 0) is 12.1 Å². The topological polar surface area (TPSA) is 45.0 Å². The first kappa shape index (κ1) is 8.09. The summed E-state index contributed by atoms with van der Waals surface area (Å²) in [6.07, 6.45) is 0. The largest absolute Gasteiger partial charge is 0.377 e. The van der Waals surface area contributed by atoms with E-state index >= 15 is 0 Å². The standard InChI is InChI=1S/C10H10N2O/c11-5-8-3-1-2-4-10(8)12-9-6-13-7-9/h1-4,9,12H,6-7H2. The predicted molar refractivity (Wildman–Crippen MR) is 49.4 cm³/mol. The summed E-state index contributed by atoms with van der Waals surface area (Å²) in [4.78, 5) is 0. The molecule has 0 aromatic heterocycles.